The fraction of sp³-hybridized carbons (Fsp3) is 0.125. The van der Waals surface area contributed by atoms with E-state index in [1.165, 1.54) is 6.07 Å². The lowest BCUT2D eigenvalue weighted by molar-refractivity contribution is 0.619. The number of rotatable bonds is 1. The molecule has 0 aromatic heterocycles. The van der Waals surface area contributed by atoms with Crippen LogP contribution >= 0.6 is 15.9 Å². The summed E-state index contributed by atoms with van der Waals surface area (Å²) < 4.78 is 13.2. The van der Waals surface area contributed by atoms with Crippen molar-refractivity contribution in [2.45, 2.75) is 6.42 Å². The summed E-state index contributed by atoms with van der Waals surface area (Å²) in [5, 5.41) is 0. The molecule has 0 saturated heterocycles. The molecule has 1 aromatic rings. The van der Waals surface area contributed by atoms with Crippen molar-refractivity contribution in [3.8, 4) is 0 Å². The first kappa shape index (κ1) is 7.73. The lowest BCUT2D eigenvalue weighted by Crippen LogP contribution is -1.82. The monoisotopic (exact) mass is 201 g/mol. The van der Waals surface area contributed by atoms with E-state index in [1.54, 1.807) is 6.07 Å². The average molecular weight is 202 g/mol. The molecule has 0 atom stereocenters. The van der Waals surface area contributed by atoms with Gasteiger partial charge in [-0.3, -0.25) is 0 Å². The van der Waals surface area contributed by atoms with Crippen LogP contribution in [-0.2, 0) is 6.42 Å². The van der Waals surface area contributed by atoms with Crippen molar-refractivity contribution in [1.82, 2.24) is 0 Å². The molecule has 10 heavy (non-hydrogen) atoms. The molecule has 0 unspecified atom stereocenters. The Morgan fingerprint density at radius 1 is 1.50 bits per heavy atom. The summed E-state index contributed by atoms with van der Waals surface area (Å²) in [7, 11) is 0. The van der Waals surface area contributed by atoms with Gasteiger partial charge in [0.25, 0.3) is 0 Å². The van der Waals surface area contributed by atoms with Gasteiger partial charge in [-0.15, -0.1) is 0 Å². The molecule has 1 rings (SSSR count). The smallest absolute Gasteiger partial charge is 0.137 e. The van der Waals surface area contributed by atoms with Gasteiger partial charge in [0.2, 0.25) is 0 Å². The van der Waals surface area contributed by atoms with Gasteiger partial charge < -0.3 is 0 Å². The first-order valence-electron chi connectivity index (χ1n) is 2.97. The van der Waals surface area contributed by atoms with Crippen molar-refractivity contribution >= 4 is 15.9 Å². The van der Waals surface area contributed by atoms with E-state index in [4.69, 9.17) is 0 Å². The van der Waals surface area contributed by atoms with Gasteiger partial charge in [0.1, 0.15) is 5.82 Å². The van der Waals surface area contributed by atoms with Gasteiger partial charge in [0.05, 0.1) is 4.47 Å². The number of halogens is 2. The third-order valence-electron chi connectivity index (χ3n) is 1.27. The predicted octanol–water partition coefficient (Wildman–Crippen LogP) is 2.96. The SMILES string of the molecule is [CH2]Cc1ccc(Br)c(F)c1. The fourth-order valence-electron chi connectivity index (χ4n) is 0.695. The van der Waals surface area contributed by atoms with E-state index in [9.17, 15) is 4.39 Å². The Balaban J connectivity index is 3.04. The molecule has 0 saturated carbocycles. The molecule has 1 aromatic carbocycles. The molecule has 0 spiro atoms. The fourth-order valence-corrected chi connectivity index (χ4v) is 0.942. The van der Waals surface area contributed by atoms with Crippen LogP contribution in [-0.4, -0.2) is 0 Å². The second-order valence-corrected chi connectivity index (χ2v) is 2.85. The summed E-state index contributed by atoms with van der Waals surface area (Å²) >= 11 is 3.06. The van der Waals surface area contributed by atoms with Gasteiger partial charge in [0.15, 0.2) is 0 Å². The van der Waals surface area contributed by atoms with Crippen molar-refractivity contribution in [2.75, 3.05) is 0 Å². The van der Waals surface area contributed by atoms with Gasteiger partial charge >= 0.3 is 0 Å². The summed E-state index contributed by atoms with van der Waals surface area (Å²) in [5.74, 6) is -0.221. The zero-order valence-electron chi connectivity index (χ0n) is 5.40. The van der Waals surface area contributed by atoms with Crippen LogP contribution in [0, 0.1) is 12.7 Å². The van der Waals surface area contributed by atoms with Crippen LogP contribution in [0.1, 0.15) is 5.56 Å². The maximum atomic E-state index is 12.7. The number of hydrogen-bond donors (Lipinski definition) is 0. The second-order valence-electron chi connectivity index (χ2n) is 2.00. The van der Waals surface area contributed by atoms with Crippen LogP contribution in [0.4, 0.5) is 4.39 Å². The Hall–Kier alpha value is -0.370. The Kier molecular flexibility index (Phi) is 2.44. The minimum atomic E-state index is -0.221. The second kappa shape index (κ2) is 3.15. The Morgan fingerprint density at radius 3 is 2.70 bits per heavy atom. The zero-order chi connectivity index (χ0) is 7.56. The van der Waals surface area contributed by atoms with Gasteiger partial charge in [0, 0.05) is 0 Å². The topological polar surface area (TPSA) is 0 Å². The largest absolute Gasteiger partial charge is 0.206 e. The lowest BCUT2D eigenvalue weighted by atomic mass is 10.2. The van der Waals surface area contributed by atoms with Crippen molar-refractivity contribution in [3.63, 3.8) is 0 Å². The predicted molar refractivity (Wildman–Crippen MR) is 43.2 cm³/mol. The van der Waals surface area contributed by atoms with Crippen molar-refractivity contribution in [2.24, 2.45) is 0 Å². The normalized spacial score (nSPS) is 9.90. The Bertz CT molecular complexity index is 233. The van der Waals surface area contributed by atoms with E-state index < -0.39 is 0 Å². The molecule has 0 fully saturated rings. The molecule has 0 bridgehead atoms. The average Bonchev–Trinajstić information content (AvgIpc) is 1.95. The Labute approximate surface area is 68.2 Å². The molecule has 0 amide bonds. The highest BCUT2D eigenvalue weighted by molar-refractivity contribution is 9.10. The molecule has 0 nitrogen and oxygen atoms in total. The maximum absolute atomic E-state index is 12.7. The first-order chi connectivity index (χ1) is 4.74. The van der Waals surface area contributed by atoms with Crippen LogP contribution in [0.3, 0.4) is 0 Å². The van der Waals surface area contributed by atoms with E-state index in [1.807, 2.05) is 6.07 Å². The molecule has 0 aliphatic heterocycles. The highest BCUT2D eigenvalue weighted by Gasteiger charge is 1.97. The Morgan fingerprint density at radius 2 is 2.20 bits per heavy atom. The molecule has 0 N–H and O–H groups in total. The quantitative estimate of drug-likeness (QED) is 0.656. The summed E-state index contributed by atoms with van der Waals surface area (Å²) in [6.07, 6.45) is 0.629. The lowest BCUT2D eigenvalue weighted by Gasteiger charge is -1.96. The summed E-state index contributed by atoms with van der Waals surface area (Å²) in [6.45, 7) is 3.64. The standard InChI is InChI=1S/C8H7BrF/c1-2-6-3-4-7(9)8(10)5-6/h3-5H,1-2H2. The summed E-state index contributed by atoms with van der Waals surface area (Å²) in [6, 6.07) is 5.02. The highest BCUT2D eigenvalue weighted by atomic mass is 79.9. The minimum absolute atomic E-state index is 0.221. The van der Waals surface area contributed by atoms with Gasteiger partial charge in [-0.05, 0) is 47.0 Å². The van der Waals surface area contributed by atoms with Crippen molar-refractivity contribution in [1.29, 1.82) is 0 Å². The van der Waals surface area contributed by atoms with Gasteiger partial charge in [-0.2, -0.15) is 0 Å². The van der Waals surface area contributed by atoms with E-state index in [0.717, 1.165) is 5.56 Å². The molecule has 0 aliphatic rings. The zero-order valence-corrected chi connectivity index (χ0v) is 6.99. The summed E-state index contributed by atoms with van der Waals surface area (Å²) in [5.41, 5.74) is 0.917. The van der Waals surface area contributed by atoms with Crippen LogP contribution in [0.2, 0.25) is 0 Å². The maximum Gasteiger partial charge on any atom is 0.137 e. The van der Waals surface area contributed by atoms with E-state index in [0.29, 0.717) is 10.9 Å². The van der Waals surface area contributed by atoms with Crippen LogP contribution < -0.4 is 0 Å². The molecule has 1 radical (unpaired) electrons. The molecule has 0 heterocycles. The van der Waals surface area contributed by atoms with E-state index in [-0.39, 0.29) is 5.82 Å². The van der Waals surface area contributed by atoms with Gasteiger partial charge in [-0.25, -0.2) is 4.39 Å². The minimum Gasteiger partial charge on any atom is -0.206 e. The van der Waals surface area contributed by atoms with E-state index in [2.05, 4.69) is 22.9 Å². The molecular weight excluding hydrogens is 195 g/mol. The van der Waals surface area contributed by atoms with E-state index >= 15 is 0 Å². The summed E-state index contributed by atoms with van der Waals surface area (Å²) in [4.78, 5) is 0. The van der Waals surface area contributed by atoms with Crippen molar-refractivity contribution < 1.29 is 4.39 Å². The molecule has 2 heteroatoms. The number of benzene rings is 1. The van der Waals surface area contributed by atoms with Gasteiger partial charge in [-0.1, -0.05) is 6.07 Å². The van der Waals surface area contributed by atoms with Crippen LogP contribution in [0.15, 0.2) is 22.7 Å². The third kappa shape index (κ3) is 1.57. The highest BCUT2D eigenvalue weighted by Crippen LogP contribution is 2.16. The third-order valence-corrected chi connectivity index (χ3v) is 1.92. The first-order valence-corrected chi connectivity index (χ1v) is 3.76. The molecule has 53 valence electrons. The van der Waals surface area contributed by atoms with Crippen LogP contribution in [0.25, 0.3) is 0 Å². The van der Waals surface area contributed by atoms with Crippen LogP contribution in [0.5, 0.6) is 0 Å². The molecular formula is C8H7BrF. The number of hydrogen-bond acceptors (Lipinski definition) is 0. The van der Waals surface area contributed by atoms with Crippen molar-refractivity contribution in [3.05, 3.63) is 41.0 Å². The molecule has 0 aliphatic carbocycles.